The van der Waals surface area contributed by atoms with Crippen LogP contribution in [-0.2, 0) is 16.0 Å². The minimum absolute atomic E-state index is 0.173. The first-order chi connectivity index (χ1) is 9.48. The maximum atomic E-state index is 12.4. The van der Waals surface area contributed by atoms with Crippen LogP contribution >= 0.6 is 0 Å². The number of carboxylic acids is 1. The molecule has 1 aromatic carbocycles. The summed E-state index contributed by atoms with van der Waals surface area (Å²) in [4.78, 5) is 23.8. The third-order valence-corrected chi connectivity index (χ3v) is 4.07. The molecule has 0 bridgehead atoms. The summed E-state index contributed by atoms with van der Waals surface area (Å²) in [6, 6.07) is 7.89. The molecule has 1 aliphatic carbocycles. The lowest BCUT2D eigenvalue weighted by Gasteiger charge is -2.27. The highest BCUT2D eigenvalue weighted by molar-refractivity contribution is 5.90. The van der Waals surface area contributed by atoms with Gasteiger partial charge in [0.15, 0.2) is 0 Å². The van der Waals surface area contributed by atoms with Crippen LogP contribution in [0.5, 0.6) is 0 Å². The summed E-state index contributed by atoms with van der Waals surface area (Å²) in [6.45, 7) is 3.50. The normalized spacial score (nSPS) is 20.0. The van der Waals surface area contributed by atoms with Crippen LogP contribution in [0.4, 0.5) is 0 Å². The van der Waals surface area contributed by atoms with Gasteiger partial charge >= 0.3 is 5.97 Å². The fourth-order valence-electron chi connectivity index (χ4n) is 2.91. The Balaban J connectivity index is 2.15. The van der Waals surface area contributed by atoms with Crippen molar-refractivity contribution in [1.29, 1.82) is 0 Å². The second-order valence-electron chi connectivity index (χ2n) is 5.67. The molecule has 0 heterocycles. The van der Waals surface area contributed by atoms with Gasteiger partial charge in [-0.3, -0.25) is 4.79 Å². The van der Waals surface area contributed by atoms with Gasteiger partial charge in [0, 0.05) is 0 Å². The molecule has 0 spiro atoms. The van der Waals surface area contributed by atoms with E-state index in [9.17, 15) is 14.7 Å². The molecule has 4 heteroatoms. The van der Waals surface area contributed by atoms with Crippen molar-refractivity contribution in [2.24, 2.45) is 0 Å². The molecule has 1 aromatic rings. The van der Waals surface area contributed by atoms with Gasteiger partial charge in [-0.25, -0.2) is 4.79 Å². The Bertz CT molecular complexity index is 526. The largest absolute Gasteiger partial charge is 0.480 e. The topological polar surface area (TPSA) is 66.4 Å². The third kappa shape index (κ3) is 2.69. The number of carbonyl (C=O) groups is 2. The summed E-state index contributed by atoms with van der Waals surface area (Å²) < 4.78 is 0. The summed E-state index contributed by atoms with van der Waals surface area (Å²) in [7, 11) is 0. The lowest BCUT2D eigenvalue weighted by molar-refractivity contribution is -0.147. The lowest BCUT2D eigenvalue weighted by atomic mass is 9.93. The Hall–Kier alpha value is -1.84. The fraction of sp³-hybridized carbons (Fsp3) is 0.500. The van der Waals surface area contributed by atoms with E-state index in [1.165, 1.54) is 5.56 Å². The smallest absolute Gasteiger partial charge is 0.329 e. The molecule has 0 saturated heterocycles. The zero-order valence-electron chi connectivity index (χ0n) is 12.0. The van der Waals surface area contributed by atoms with E-state index < -0.39 is 11.5 Å². The van der Waals surface area contributed by atoms with Gasteiger partial charge in [-0.05, 0) is 37.3 Å². The standard InChI is InChI=1S/C16H21NO3/c1-3-10-16(2,15(19)20)17-14(18)13-9-8-11-6-4-5-7-12(11)13/h4-7,13H,3,8-10H2,1-2H3,(H,17,18)(H,19,20). The number of aryl methyl sites for hydroxylation is 1. The number of amides is 1. The van der Waals surface area contributed by atoms with Gasteiger partial charge < -0.3 is 10.4 Å². The molecule has 0 aliphatic heterocycles. The van der Waals surface area contributed by atoms with Crippen LogP contribution < -0.4 is 5.32 Å². The van der Waals surface area contributed by atoms with E-state index in [1.54, 1.807) is 6.92 Å². The van der Waals surface area contributed by atoms with E-state index in [0.717, 1.165) is 18.4 Å². The number of hydrogen-bond acceptors (Lipinski definition) is 2. The first-order valence-corrected chi connectivity index (χ1v) is 7.11. The molecule has 1 amide bonds. The molecule has 0 aromatic heterocycles. The van der Waals surface area contributed by atoms with Crippen molar-refractivity contribution in [2.75, 3.05) is 0 Å². The van der Waals surface area contributed by atoms with E-state index >= 15 is 0 Å². The van der Waals surface area contributed by atoms with Crippen molar-refractivity contribution >= 4 is 11.9 Å². The molecule has 108 valence electrons. The minimum atomic E-state index is -1.18. The maximum Gasteiger partial charge on any atom is 0.329 e. The first-order valence-electron chi connectivity index (χ1n) is 7.11. The third-order valence-electron chi connectivity index (χ3n) is 4.07. The van der Waals surface area contributed by atoms with Crippen LogP contribution in [0.3, 0.4) is 0 Å². The Morgan fingerprint density at radius 1 is 1.40 bits per heavy atom. The van der Waals surface area contributed by atoms with Crippen LogP contribution in [0.1, 0.15) is 50.2 Å². The number of benzene rings is 1. The molecular formula is C16H21NO3. The van der Waals surface area contributed by atoms with Crippen LogP contribution in [0, 0.1) is 0 Å². The molecule has 20 heavy (non-hydrogen) atoms. The van der Waals surface area contributed by atoms with E-state index in [1.807, 2.05) is 31.2 Å². The van der Waals surface area contributed by atoms with Crippen LogP contribution in [0.25, 0.3) is 0 Å². The van der Waals surface area contributed by atoms with Gasteiger partial charge in [-0.15, -0.1) is 0 Å². The summed E-state index contributed by atoms with van der Waals surface area (Å²) in [5.74, 6) is -1.37. The molecule has 0 radical (unpaired) electrons. The lowest BCUT2D eigenvalue weighted by Crippen LogP contribution is -2.53. The second-order valence-corrected chi connectivity index (χ2v) is 5.67. The maximum absolute atomic E-state index is 12.4. The van der Waals surface area contributed by atoms with Gasteiger partial charge in [0.1, 0.15) is 5.54 Å². The number of rotatable bonds is 5. The Morgan fingerprint density at radius 2 is 2.10 bits per heavy atom. The van der Waals surface area contributed by atoms with Crippen LogP contribution in [0.15, 0.2) is 24.3 Å². The van der Waals surface area contributed by atoms with Crippen LogP contribution in [0.2, 0.25) is 0 Å². The number of hydrogen-bond donors (Lipinski definition) is 2. The van der Waals surface area contributed by atoms with E-state index in [0.29, 0.717) is 12.8 Å². The predicted octanol–water partition coefficient (Wildman–Crippen LogP) is 2.48. The number of carbonyl (C=O) groups excluding carboxylic acids is 1. The number of aliphatic carboxylic acids is 1. The zero-order valence-corrected chi connectivity index (χ0v) is 12.0. The highest BCUT2D eigenvalue weighted by atomic mass is 16.4. The average molecular weight is 275 g/mol. The Morgan fingerprint density at radius 3 is 2.75 bits per heavy atom. The van der Waals surface area contributed by atoms with Gasteiger partial charge in [0.25, 0.3) is 0 Å². The van der Waals surface area contributed by atoms with E-state index in [-0.39, 0.29) is 11.8 Å². The second kappa shape index (κ2) is 5.65. The molecule has 0 saturated carbocycles. The summed E-state index contributed by atoms with van der Waals surface area (Å²) in [5.41, 5.74) is 1.05. The van der Waals surface area contributed by atoms with Gasteiger partial charge in [0.2, 0.25) is 5.91 Å². The van der Waals surface area contributed by atoms with E-state index in [4.69, 9.17) is 0 Å². The van der Waals surface area contributed by atoms with Crippen LogP contribution in [-0.4, -0.2) is 22.5 Å². The van der Waals surface area contributed by atoms with Gasteiger partial charge in [0.05, 0.1) is 5.92 Å². The summed E-state index contributed by atoms with van der Waals surface area (Å²) >= 11 is 0. The van der Waals surface area contributed by atoms with E-state index in [2.05, 4.69) is 5.32 Å². The SMILES string of the molecule is CCCC(C)(NC(=O)C1CCc2ccccc21)C(=O)O. The van der Waals surface area contributed by atoms with Crippen molar-refractivity contribution in [3.05, 3.63) is 35.4 Å². The van der Waals surface area contributed by atoms with Gasteiger partial charge in [-0.1, -0.05) is 37.6 Å². The highest BCUT2D eigenvalue weighted by Crippen LogP contribution is 2.33. The summed E-state index contributed by atoms with van der Waals surface area (Å²) in [6.07, 6.45) is 2.78. The highest BCUT2D eigenvalue weighted by Gasteiger charge is 2.37. The Kier molecular flexibility index (Phi) is 4.12. The molecule has 0 fully saturated rings. The van der Waals surface area contributed by atoms with Crippen molar-refractivity contribution < 1.29 is 14.7 Å². The number of carboxylic acid groups (broad SMARTS) is 1. The fourth-order valence-corrected chi connectivity index (χ4v) is 2.91. The monoisotopic (exact) mass is 275 g/mol. The first kappa shape index (κ1) is 14.6. The quantitative estimate of drug-likeness (QED) is 0.867. The predicted molar refractivity (Wildman–Crippen MR) is 76.6 cm³/mol. The molecule has 2 atom stereocenters. The van der Waals surface area contributed by atoms with Crippen molar-refractivity contribution in [1.82, 2.24) is 5.32 Å². The molecular weight excluding hydrogens is 254 g/mol. The van der Waals surface area contributed by atoms with Crippen molar-refractivity contribution in [2.45, 2.75) is 51.0 Å². The number of fused-ring (bicyclic) bond motifs is 1. The van der Waals surface area contributed by atoms with Crippen molar-refractivity contribution in [3.8, 4) is 0 Å². The molecule has 4 nitrogen and oxygen atoms in total. The zero-order chi connectivity index (χ0) is 14.8. The molecule has 1 aliphatic rings. The number of nitrogens with one attached hydrogen (secondary N) is 1. The molecule has 2 unspecified atom stereocenters. The summed E-state index contributed by atoms with van der Waals surface area (Å²) in [5, 5.41) is 12.1. The Labute approximate surface area is 119 Å². The van der Waals surface area contributed by atoms with Gasteiger partial charge in [-0.2, -0.15) is 0 Å². The average Bonchev–Trinajstić information content (AvgIpc) is 2.82. The molecule has 2 rings (SSSR count). The molecule has 2 N–H and O–H groups in total. The minimum Gasteiger partial charge on any atom is -0.480 e. The van der Waals surface area contributed by atoms with Crippen molar-refractivity contribution in [3.63, 3.8) is 0 Å².